The van der Waals surface area contributed by atoms with Gasteiger partial charge in [-0.3, -0.25) is 20.4 Å². The summed E-state index contributed by atoms with van der Waals surface area (Å²) in [6.45, 7) is 1.63. The van der Waals surface area contributed by atoms with Crippen LogP contribution in [0.25, 0.3) is 5.69 Å². The molecule has 140 valence electrons. The molecular formula is C17H14F3N5O2. The number of para-hydroxylation sites is 1. The molecular weight excluding hydrogens is 363 g/mol. The highest BCUT2D eigenvalue weighted by Gasteiger charge is 2.40. The van der Waals surface area contributed by atoms with Crippen LogP contribution in [0.4, 0.5) is 13.2 Å². The number of hydrazine groups is 1. The van der Waals surface area contributed by atoms with Crippen LogP contribution in [0.1, 0.15) is 32.1 Å². The molecule has 0 saturated carbocycles. The average molecular weight is 377 g/mol. The van der Waals surface area contributed by atoms with Crippen LogP contribution in [0.3, 0.4) is 0 Å². The van der Waals surface area contributed by atoms with Crippen molar-refractivity contribution in [3.63, 3.8) is 0 Å². The number of carbonyl (C=O) groups excluding carboxylic acids is 2. The number of nitrogens with zero attached hydrogens (tertiary/aromatic N) is 2. The molecule has 0 atom stereocenters. The van der Waals surface area contributed by atoms with E-state index in [0.717, 1.165) is 6.20 Å². The maximum Gasteiger partial charge on any atom is 0.434 e. The molecule has 10 heteroatoms. The van der Waals surface area contributed by atoms with E-state index < -0.39 is 29.2 Å². The van der Waals surface area contributed by atoms with Crippen molar-refractivity contribution in [2.45, 2.75) is 13.1 Å². The molecule has 2 aromatic heterocycles. The summed E-state index contributed by atoms with van der Waals surface area (Å²) in [5, 5.41) is 3.73. The summed E-state index contributed by atoms with van der Waals surface area (Å²) < 4.78 is 41.5. The molecule has 1 aromatic carbocycles. The van der Waals surface area contributed by atoms with Crippen molar-refractivity contribution in [2.75, 3.05) is 0 Å². The SMILES string of the molecule is Cc1ccccc1-n1ncc(C(=O)NNC(=O)c2ccc[nH]2)c1C(F)(F)F. The Kier molecular flexibility index (Phi) is 4.72. The molecule has 3 aromatic rings. The smallest absolute Gasteiger partial charge is 0.357 e. The number of aromatic amines is 1. The highest BCUT2D eigenvalue weighted by Crippen LogP contribution is 2.34. The summed E-state index contributed by atoms with van der Waals surface area (Å²) in [4.78, 5) is 26.6. The molecule has 3 N–H and O–H groups in total. The number of nitrogens with one attached hydrogen (secondary N) is 3. The van der Waals surface area contributed by atoms with Gasteiger partial charge >= 0.3 is 6.18 Å². The highest BCUT2D eigenvalue weighted by atomic mass is 19.4. The Balaban J connectivity index is 1.90. The second kappa shape index (κ2) is 6.98. The second-order valence-corrected chi connectivity index (χ2v) is 5.59. The number of aryl methyl sites for hydroxylation is 1. The monoisotopic (exact) mass is 377 g/mol. The third-order valence-electron chi connectivity index (χ3n) is 3.76. The van der Waals surface area contributed by atoms with Gasteiger partial charge in [0, 0.05) is 6.20 Å². The fraction of sp³-hybridized carbons (Fsp3) is 0.118. The van der Waals surface area contributed by atoms with Gasteiger partial charge in [-0.2, -0.15) is 18.3 Å². The molecule has 3 rings (SSSR count). The highest BCUT2D eigenvalue weighted by molar-refractivity contribution is 5.99. The first-order valence-corrected chi connectivity index (χ1v) is 7.74. The zero-order chi connectivity index (χ0) is 19.6. The number of halogens is 3. The third kappa shape index (κ3) is 3.68. The van der Waals surface area contributed by atoms with Crippen molar-refractivity contribution in [3.05, 3.63) is 71.3 Å². The van der Waals surface area contributed by atoms with Gasteiger partial charge < -0.3 is 4.98 Å². The van der Waals surface area contributed by atoms with Gasteiger partial charge in [0.05, 0.1) is 17.4 Å². The van der Waals surface area contributed by atoms with E-state index in [9.17, 15) is 22.8 Å². The predicted molar refractivity (Wildman–Crippen MR) is 89.0 cm³/mol. The molecule has 2 heterocycles. The van der Waals surface area contributed by atoms with Gasteiger partial charge in [0.15, 0.2) is 5.69 Å². The minimum absolute atomic E-state index is 0.141. The van der Waals surface area contributed by atoms with Crippen LogP contribution < -0.4 is 10.9 Å². The van der Waals surface area contributed by atoms with Crippen LogP contribution in [-0.2, 0) is 6.18 Å². The summed E-state index contributed by atoms with van der Waals surface area (Å²) in [6.07, 6.45) is -2.54. The lowest BCUT2D eigenvalue weighted by molar-refractivity contribution is -0.143. The van der Waals surface area contributed by atoms with Gasteiger partial charge in [0.2, 0.25) is 0 Å². The minimum Gasteiger partial charge on any atom is -0.357 e. The Morgan fingerprint density at radius 3 is 2.41 bits per heavy atom. The summed E-state index contributed by atoms with van der Waals surface area (Å²) in [7, 11) is 0. The van der Waals surface area contributed by atoms with E-state index in [0.29, 0.717) is 10.2 Å². The van der Waals surface area contributed by atoms with Crippen LogP contribution in [0, 0.1) is 6.92 Å². The molecule has 0 spiro atoms. The molecule has 0 unspecified atom stereocenters. The standard InChI is InChI=1S/C17H14F3N5O2/c1-10-5-2-3-7-13(10)25-14(17(18,19)20)11(9-22-25)15(26)23-24-16(27)12-6-4-8-21-12/h2-9,21H,1H3,(H,23,26)(H,24,27). The predicted octanol–water partition coefficient (Wildman–Crippen LogP) is 2.60. The number of hydrogen-bond acceptors (Lipinski definition) is 3. The molecule has 7 nitrogen and oxygen atoms in total. The Bertz CT molecular complexity index is 977. The number of rotatable bonds is 3. The average Bonchev–Trinajstić information content (AvgIpc) is 3.29. The van der Waals surface area contributed by atoms with Gasteiger partial charge in [0.1, 0.15) is 5.69 Å². The maximum atomic E-state index is 13.6. The molecule has 0 aliphatic heterocycles. The largest absolute Gasteiger partial charge is 0.434 e. The van der Waals surface area contributed by atoms with Crippen LogP contribution >= 0.6 is 0 Å². The fourth-order valence-corrected chi connectivity index (χ4v) is 2.49. The van der Waals surface area contributed by atoms with Crippen molar-refractivity contribution in [1.29, 1.82) is 0 Å². The number of hydrogen-bond donors (Lipinski definition) is 3. The van der Waals surface area contributed by atoms with Crippen LogP contribution in [0.5, 0.6) is 0 Å². The Morgan fingerprint density at radius 1 is 1.07 bits per heavy atom. The Labute approximate surface area is 151 Å². The molecule has 0 aliphatic rings. The fourth-order valence-electron chi connectivity index (χ4n) is 2.49. The molecule has 0 radical (unpaired) electrons. The van der Waals surface area contributed by atoms with Crippen molar-refractivity contribution in [1.82, 2.24) is 25.6 Å². The minimum atomic E-state index is -4.84. The van der Waals surface area contributed by atoms with Gasteiger partial charge in [0.25, 0.3) is 11.8 Å². The summed E-state index contributed by atoms with van der Waals surface area (Å²) in [5.74, 6) is -1.84. The molecule has 2 amide bonds. The van der Waals surface area contributed by atoms with E-state index in [1.54, 1.807) is 31.2 Å². The van der Waals surface area contributed by atoms with Gasteiger partial charge in [-0.15, -0.1) is 0 Å². The lowest BCUT2D eigenvalue weighted by Gasteiger charge is -2.14. The van der Waals surface area contributed by atoms with E-state index in [-0.39, 0.29) is 11.4 Å². The summed E-state index contributed by atoms with van der Waals surface area (Å²) in [6, 6.07) is 9.35. The first kappa shape index (κ1) is 18.2. The van der Waals surface area contributed by atoms with Crippen molar-refractivity contribution >= 4 is 11.8 Å². The number of carbonyl (C=O) groups is 2. The summed E-state index contributed by atoms with van der Waals surface area (Å²) >= 11 is 0. The van der Waals surface area contributed by atoms with Gasteiger partial charge in [-0.05, 0) is 30.7 Å². The molecule has 27 heavy (non-hydrogen) atoms. The van der Waals surface area contributed by atoms with E-state index in [4.69, 9.17) is 0 Å². The van der Waals surface area contributed by atoms with E-state index in [1.165, 1.54) is 18.3 Å². The topological polar surface area (TPSA) is 91.8 Å². The second-order valence-electron chi connectivity index (χ2n) is 5.59. The Morgan fingerprint density at radius 2 is 1.78 bits per heavy atom. The van der Waals surface area contributed by atoms with Crippen LogP contribution in [0.15, 0.2) is 48.8 Å². The Hall–Kier alpha value is -3.56. The zero-order valence-electron chi connectivity index (χ0n) is 14.0. The van der Waals surface area contributed by atoms with E-state index in [2.05, 4.69) is 10.1 Å². The van der Waals surface area contributed by atoms with Crippen molar-refractivity contribution in [2.24, 2.45) is 0 Å². The summed E-state index contributed by atoms with van der Waals surface area (Å²) in [5.41, 5.74) is 2.96. The zero-order valence-corrected chi connectivity index (χ0v) is 14.0. The first-order valence-electron chi connectivity index (χ1n) is 7.74. The van der Waals surface area contributed by atoms with Gasteiger partial charge in [-0.1, -0.05) is 18.2 Å². The van der Waals surface area contributed by atoms with Crippen molar-refractivity contribution < 1.29 is 22.8 Å². The molecule has 0 fully saturated rings. The lowest BCUT2D eigenvalue weighted by Crippen LogP contribution is -2.42. The van der Waals surface area contributed by atoms with E-state index >= 15 is 0 Å². The number of benzene rings is 1. The van der Waals surface area contributed by atoms with Crippen molar-refractivity contribution in [3.8, 4) is 5.69 Å². The number of aromatic nitrogens is 3. The molecule has 0 aliphatic carbocycles. The first-order chi connectivity index (χ1) is 12.8. The lowest BCUT2D eigenvalue weighted by atomic mass is 10.2. The number of alkyl halides is 3. The maximum absolute atomic E-state index is 13.6. The number of amides is 2. The number of H-pyrrole nitrogens is 1. The van der Waals surface area contributed by atoms with E-state index in [1.807, 2.05) is 10.9 Å². The normalized spacial score (nSPS) is 11.3. The van der Waals surface area contributed by atoms with Gasteiger partial charge in [-0.25, -0.2) is 4.68 Å². The molecule has 0 bridgehead atoms. The quantitative estimate of drug-likeness (QED) is 0.613. The van der Waals surface area contributed by atoms with Crippen LogP contribution in [0.2, 0.25) is 0 Å². The molecule has 0 saturated heterocycles. The third-order valence-corrected chi connectivity index (χ3v) is 3.76. The van der Waals surface area contributed by atoms with Crippen LogP contribution in [-0.4, -0.2) is 26.6 Å².